The number of carbonyl (C=O) groups is 1. The lowest BCUT2D eigenvalue weighted by Gasteiger charge is -2.23. The van der Waals surface area contributed by atoms with Crippen molar-refractivity contribution >= 4 is 11.7 Å². The van der Waals surface area contributed by atoms with Crippen molar-refractivity contribution in [1.82, 2.24) is 9.88 Å². The Balaban J connectivity index is 1.61. The Kier molecular flexibility index (Phi) is 2.94. The van der Waals surface area contributed by atoms with Gasteiger partial charge in [0.2, 0.25) is 0 Å². The molecule has 18 heavy (non-hydrogen) atoms. The smallest absolute Gasteiger partial charge is 0.321 e. The topological polar surface area (TPSA) is 45.2 Å². The third kappa shape index (κ3) is 2.19. The molecule has 0 aromatic carbocycles. The van der Waals surface area contributed by atoms with Gasteiger partial charge in [-0.3, -0.25) is 4.98 Å². The van der Waals surface area contributed by atoms with Gasteiger partial charge in [0.15, 0.2) is 0 Å². The van der Waals surface area contributed by atoms with Crippen molar-refractivity contribution in [3.05, 3.63) is 24.5 Å². The molecule has 1 aromatic rings. The molecular weight excluding hydrogens is 226 g/mol. The molecule has 4 heteroatoms. The molecule has 4 nitrogen and oxygen atoms in total. The average molecular weight is 245 g/mol. The van der Waals surface area contributed by atoms with Gasteiger partial charge in [-0.2, -0.15) is 0 Å². The number of nitrogens with zero attached hydrogens (tertiary/aromatic N) is 2. The van der Waals surface area contributed by atoms with Crippen LogP contribution in [-0.2, 0) is 0 Å². The van der Waals surface area contributed by atoms with Gasteiger partial charge in [-0.15, -0.1) is 0 Å². The standard InChI is InChI=1S/C14H19N3O/c18-13(16-12-4-3-8-15-10-12)17-9-7-14(11-17)5-1-2-6-14/h3-4,8,10H,1-2,5-7,9,11H2,(H,16,18). The first kappa shape index (κ1) is 11.5. The number of pyridine rings is 1. The molecule has 1 aromatic heterocycles. The first-order chi connectivity index (χ1) is 8.77. The van der Waals surface area contributed by atoms with Crippen LogP contribution in [0.2, 0.25) is 0 Å². The van der Waals surface area contributed by atoms with Crippen molar-refractivity contribution in [3.63, 3.8) is 0 Å². The summed E-state index contributed by atoms with van der Waals surface area (Å²) in [6.45, 7) is 1.82. The molecule has 0 radical (unpaired) electrons. The molecule has 2 heterocycles. The molecule has 2 fully saturated rings. The summed E-state index contributed by atoms with van der Waals surface area (Å²) in [7, 11) is 0. The lowest BCUT2D eigenvalue weighted by molar-refractivity contribution is 0.213. The number of nitrogens with one attached hydrogen (secondary N) is 1. The minimum atomic E-state index is 0.0202. The van der Waals surface area contributed by atoms with E-state index in [2.05, 4.69) is 10.3 Å². The number of likely N-dealkylation sites (tertiary alicyclic amines) is 1. The lowest BCUT2D eigenvalue weighted by Crippen LogP contribution is -2.34. The van der Waals surface area contributed by atoms with Crippen LogP contribution in [0.4, 0.5) is 10.5 Å². The van der Waals surface area contributed by atoms with E-state index < -0.39 is 0 Å². The van der Waals surface area contributed by atoms with E-state index in [0.29, 0.717) is 5.41 Å². The molecule has 1 N–H and O–H groups in total. The highest BCUT2D eigenvalue weighted by molar-refractivity contribution is 5.89. The molecule has 0 unspecified atom stereocenters. The second-order valence-electron chi connectivity index (χ2n) is 5.55. The summed E-state index contributed by atoms with van der Waals surface area (Å²) in [6, 6.07) is 3.72. The second kappa shape index (κ2) is 4.59. The Bertz CT molecular complexity index is 426. The van der Waals surface area contributed by atoms with Crippen LogP contribution in [0.3, 0.4) is 0 Å². The molecule has 0 bridgehead atoms. The molecule has 3 rings (SSSR count). The monoisotopic (exact) mass is 245 g/mol. The number of amides is 2. The molecular formula is C14H19N3O. The van der Waals surface area contributed by atoms with Crippen LogP contribution in [0, 0.1) is 5.41 Å². The van der Waals surface area contributed by atoms with Gasteiger partial charge in [0, 0.05) is 19.3 Å². The van der Waals surface area contributed by atoms with Crippen LogP contribution < -0.4 is 5.32 Å². The maximum Gasteiger partial charge on any atom is 0.321 e. The van der Waals surface area contributed by atoms with E-state index in [1.165, 1.54) is 32.1 Å². The van der Waals surface area contributed by atoms with Crippen LogP contribution >= 0.6 is 0 Å². The van der Waals surface area contributed by atoms with Crippen LogP contribution in [-0.4, -0.2) is 29.0 Å². The highest BCUT2D eigenvalue weighted by Crippen LogP contribution is 2.45. The SMILES string of the molecule is O=C(Nc1cccnc1)N1CCC2(CCCC2)C1. The van der Waals surface area contributed by atoms with Gasteiger partial charge in [-0.05, 0) is 36.8 Å². The summed E-state index contributed by atoms with van der Waals surface area (Å²) in [5.41, 5.74) is 1.21. The second-order valence-corrected chi connectivity index (χ2v) is 5.55. The van der Waals surface area contributed by atoms with Crippen molar-refractivity contribution in [3.8, 4) is 0 Å². The van der Waals surface area contributed by atoms with Crippen LogP contribution in [0.15, 0.2) is 24.5 Å². The van der Waals surface area contributed by atoms with Crippen molar-refractivity contribution in [2.45, 2.75) is 32.1 Å². The predicted molar refractivity (Wildman–Crippen MR) is 70.3 cm³/mol. The Hall–Kier alpha value is -1.58. The van der Waals surface area contributed by atoms with E-state index in [1.807, 2.05) is 17.0 Å². The number of hydrogen-bond donors (Lipinski definition) is 1. The number of anilines is 1. The normalized spacial score (nSPS) is 21.4. The Morgan fingerprint density at radius 3 is 2.89 bits per heavy atom. The number of hydrogen-bond acceptors (Lipinski definition) is 2. The third-order valence-corrected chi connectivity index (χ3v) is 4.30. The van der Waals surface area contributed by atoms with E-state index in [4.69, 9.17) is 0 Å². The van der Waals surface area contributed by atoms with Gasteiger partial charge >= 0.3 is 6.03 Å². The summed E-state index contributed by atoms with van der Waals surface area (Å²) < 4.78 is 0. The number of urea groups is 1. The molecule has 96 valence electrons. The van der Waals surface area contributed by atoms with Gasteiger partial charge in [-0.25, -0.2) is 4.79 Å². The summed E-state index contributed by atoms with van der Waals surface area (Å²) >= 11 is 0. The fourth-order valence-electron chi connectivity index (χ4n) is 3.28. The zero-order chi connectivity index (χ0) is 12.4. The fraction of sp³-hybridized carbons (Fsp3) is 0.571. The molecule has 1 aliphatic heterocycles. The third-order valence-electron chi connectivity index (χ3n) is 4.30. The maximum atomic E-state index is 12.1. The van der Waals surface area contributed by atoms with E-state index >= 15 is 0 Å². The fourth-order valence-corrected chi connectivity index (χ4v) is 3.28. The van der Waals surface area contributed by atoms with E-state index in [0.717, 1.165) is 18.8 Å². The minimum absolute atomic E-state index is 0.0202. The van der Waals surface area contributed by atoms with Crippen molar-refractivity contribution in [2.24, 2.45) is 5.41 Å². The van der Waals surface area contributed by atoms with Crippen molar-refractivity contribution < 1.29 is 4.79 Å². The number of carbonyl (C=O) groups excluding carboxylic acids is 1. The predicted octanol–water partition coefficient (Wildman–Crippen LogP) is 2.88. The molecule has 2 aliphatic rings. The van der Waals surface area contributed by atoms with E-state index in [9.17, 15) is 4.79 Å². The van der Waals surface area contributed by atoms with Crippen molar-refractivity contribution in [1.29, 1.82) is 0 Å². The number of rotatable bonds is 1. The molecule has 1 spiro atoms. The summed E-state index contributed by atoms with van der Waals surface area (Å²) in [4.78, 5) is 18.1. The first-order valence-corrected chi connectivity index (χ1v) is 6.73. The van der Waals surface area contributed by atoms with Crippen molar-refractivity contribution in [2.75, 3.05) is 18.4 Å². The quantitative estimate of drug-likeness (QED) is 0.827. The van der Waals surface area contributed by atoms with E-state index in [-0.39, 0.29) is 6.03 Å². The number of aromatic nitrogens is 1. The average Bonchev–Trinajstić information content (AvgIpc) is 3.02. The van der Waals surface area contributed by atoms with E-state index in [1.54, 1.807) is 12.4 Å². The summed E-state index contributed by atoms with van der Waals surface area (Å²) in [6.07, 6.45) is 9.81. The van der Waals surface area contributed by atoms with Gasteiger partial charge in [0.05, 0.1) is 11.9 Å². The largest absolute Gasteiger partial charge is 0.324 e. The highest BCUT2D eigenvalue weighted by atomic mass is 16.2. The van der Waals surface area contributed by atoms with Crippen LogP contribution in [0.5, 0.6) is 0 Å². The zero-order valence-corrected chi connectivity index (χ0v) is 10.6. The Morgan fingerprint density at radius 2 is 2.17 bits per heavy atom. The molecule has 1 saturated carbocycles. The molecule has 2 amide bonds. The lowest BCUT2D eigenvalue weighted by atomic mass is 9.86. The van der Waals surface area contributed by atoms with Gasteiger partial charge in [-0.1, -0.05) is 12.8 Å². The van der Waals surface area contributed by atoms with Gasteiger partial charge in [0.1, 0.15) is 0 Å². The first-order valence-electron chi connectivity index (χ1n) is 6.73. The Labute approximate surface area is 107 Å². The summed E-state index contributed by atoms with van der Waals surface area (Å²) in [5, 5.41) is 2.91. The highest BCUT2D eigenvalue weighted by Gasteiger charge is 2.41. The van der Waals surface area contributed by atoms with Crippen LogP contribution in [0.25, 0.3) is 0 Å². The Morgan fingerprint density at radius 1 is 1.33 bits per heavy atom. The minimum Gasteiger partial charge on any atom is -0.324 e. The molecule has 1 aliphatic carbocycles. The zero-order valence-electron chi connectivity index (χ0n) is 10.6. The van der Waals surface area contributed by atoms with Gasteiger partial charge < -0.3 is 10.2 Å². The maximum absolute atomic E-state index is 12.1. The molecule has 0 atom stereocenters. The summed E-state index contributed by atoms with van der Waals surface area (Å²) in [5.74, 6) is 0. The molecule has 1 saturated heterocycles. The van der Waals surface area contributed by atoms with Gasteiger partial charge in [0.25, 0.3) is 0 Å². The van der Waals surface area contributed by atoms with Crippen LogP contribution in [0.1, 0.15) is 32.1 Å².